The Morgan fingerprint density at radius 1 is 1.50 bits per heavy atom. The van der Waals surface area contributed by atoms with E-state index in [9.17, 15) is 0 Å². The lowest BCUT2D eigenvalue weighted by Crippen LogP contribution is -1.85. The van der Waals surface area contributed by atoms with E-state index in [2.05, 4.69) is 10.1 Å². The lowest BCUT2D eigenvalue weighted by Gasteiger charge is -1.98. The minimum absolute atomic E-state index is 0.520. The van der Waals surface area contributed by atoms with Crippen LogP contribution in [0.15, 0.2) is 16.8 Å². The summed E-state index contributed by atoms with van der Waals surface area (Å²) in [5.41, 5.74) is 1.32. The predicted octanol–water partition coefficient (Wildman–Crippen LogP) is 1.54. The molecular weight excluding hydrogens is 156 g/mol. The van der Waals surface area contributed by atoms with Crippen molar-refractivity contribution in [2.45, 2.75) is 6.92 Å². The van der Waals surface area contributed by atoms with Gasteiger partial charge in [0.15, 0.2) is 0 Å². The summed E-state index contributed by atoms with van der Waals surface area (Å²) in [5.74, 6) is 0.749. The highest BCUT2D eigenvalue weighted by molar-refractivity contribution is 5.82. The highest BCUT2D eigenvalue weighted by Gasteiger charge is 2.09. The first-order chi connectivity index (χ1) is 5.83. The fraction of sp³-hybridized carbons (Fsp3) is 0.250. The van der Waals surface area contributed by atoms with Gasteiger partial charge in [-0.1, -0.05) is 5.16 Å². The Balaban J connectivity index is 2.84. The highest BCUT2D eigenvalue weighted by atomic mass is 16.5. The summed E-state index contributed by atoms with van der Waals surface area (Å²) in [6, 6.07) is 1.78. The monoisotopic (exact) mass is 164 g/mol. The standard InChI is InChI=1S/C8H8N2O2/c1-5-7-6(11-2)3-4-9-8(7)12-10-5/h3-4H,1-2H3. The maximum atomic E-state index is 5.13. The molecule has 0 aliphatic carbocycles. The van der Waals surface area contributed by atoms with Crippen LogP contribution in [0.2, 0.25) is 0 Å². The fourth-order valence-electron chi connectivity index (χ4n) is 1.16. The van der Waals surface area contributed by atoms with Crippen LogP contribution in [-0.4, -0.2) is 17.3 Å². The summed E-state index contributed by atoms with van der Waals surface area (Å²) in [5, 5.41) is 4.63. The van der Waals surface area contributed by atoms with Crippen molar-refractivity contribution in [2.24, 2.45) is 0 Å². The third kappa shape index (κ3) is 0.845. The Kier molecular flexibility index (Phi) is 1.46. The quantitative estimate of drug-likeness (QED) is 0.641. The van der Waals surface area contributed by atoms with Gasteiger partial charge in [0.2, 0.25) is 0 Å². The molecule has 0 aliphatic rings. The van der Waals surface area contributed by atoms with E-state index in [1.165, 1.54) is 0 Å². The summed E-state index contributed by atoms with van der Waals surface area (Å²) in [6.07, 6.45) is 1.63. The van der Waals surface area contributed by atoms with Crippen molar-refractivity contribution in [1.82, 2.24) is 10.1 Å². The fourth-order valence-corrected chi connectivity index (χ4v) is 1.16. The maximum absolute atomic E-state index is 5.13. The van der Waals surface area contributed by atoms with E-state index in [-0.39, 0.29) is 0 Å². The van der Waals surface area contributed by atoms with E-state index in [1.807, 2.05) is 6.92 Å². The average Bonchev–Trinajstić information content (AvgIpc) is 2.48. The van der Waals surface area contributed by atoms with Crippen molar-refractivity contribution in [2.75, 3.05) is 7.11 Å². The Bertz CT molecular complexity index is 408. The zero-order valence-electron chi connectivity index (χ0n) is 6.87. The first-order valence-corrected chi connectivity index (χ1v) is 3.58. The van der Waals surface area contributed by atoms with Gasteiger partial charge in [0.05, 0.1) is 12.8 Å². The summed E-state index contributed by atoms with van der Waals surface area (Å²) < 4.78 is 10.1. The minimum Gasteiger partial charge on any atom is -0.496 e. The number of pyridine rings is 1. The van der Waals surface area contributed by atoms with Gasteiger partial charge in [0.1, 0.15) is 11.1 Å². The molecule has 0 unspecified atom stereocenters. The number of methoxy groups -OCH3 is 1. The number of nitrogens with zero attached hydrogens (tertiary/aromatic N) is 2. The predicted molar refractivity (Wildman–Crippen MR) is 43.1 cm³/mol. The molecule has 12 heavy (non-hydrogen) atoms. The molecule has 0 aromatic carbocycles. The van der Waals surface area contributed by atoms with Crippen LogP contribution in [0.3, 0.4) is 0 Å². The number of aryl methyl sites for hydroxylation is 1. The minimum atomic E-state index is 0.520. The normalized spacial score (nSPS) is 10.5. The van der Waals surface area contributed by atoms with Crippen molar-refractivity contribution in [1.29, 1.82) is 0 Å². The number of rotatable bonds is 1. The number of ether oxygens (including phenoxy) is 1. The summed E-state index contributed by atoms with van der Waals surface area (Å²) in [6.45, 7) is 1.86. The molecule has 0 spiro atoms. The van der Waals surface area contributed by atoms with Gasteiger partial charge in [-0.3, -0.25) is 0 Å². The first-order valence-electron chi connectivity index (χ1n) is 3.58. The lowest BCUT2D eigenvalue weighted by molar-refractivity contribution is 0.418. The second-order valence-electron chi connectivity index (χ2n) is 2.46. The van der Waals surface area contributed by atoms with Crippen LogP contribution in [-0.2, 0) is 0 Å². The van der Waals surface area contributed by atoms with Crippen molar-refractivity contribution in [3.8, 4) is 5.75 Å². The molecule has 2 aromatic heterocycles. The van der Waals surface area contributed by atoms with Gasteiger partial charge in [-0.2, -0.15) is 0 Å². The molecule has 4 heteroatoms. The maximum Gasteiger partial charge on any atom is 0.261 e. The third-order valence-electron chi connectivity index (χ3n) is 1.73. The van der Waals surface area contributed by atoms with Gasteiger partial charge >= 0.3 is 0 Å². The highest BCUT2D eigenvalue weighted by Crippen LogP contribution is 2.25. The molecule has 62 valence electrons. The topological polar surface area (TPSA) is 48.2 Å². The molecule has 0 aliphatic heterocycles. The van der Waals surface area contributed by atoms with Crippen LogP contribution in [0, 0.1) is 6.92 Å². The Morgan fingerprint density at radius 3 is 3.08 bits per heavy atom. The molecule has 2 aromatic rings. The number of fused-ring (bicyclic) bond motifs is 1. The Hall–Kier alpha value is -1.58. The molecule has 0 fully saturated rings. The van der Waals surface area contributed by atoms with E-state index in [0.29, 0.717) is 5.71 Å². The van der Waals surface area contributed by atoms with Crippen molar-refractivity contribution < 1.29 is 9.26 Å². The van der Waals surface area contributed by atoms with Crippen molar-refractivity contribution in [3.63, 3.8) is 0 Å². The van der Waals surface area contributed by atoms with E-state index < -0.39 is 0 Å². The third-order valence-corrected chi connectivity index (χ3v) is 1.73. The van der Waals surface area contributed by atoms with Gasteiger partial charge < -0.3 is 9.26 Å². The molecule has 0 N–H and O–H groups in total. The molecule has 0 radical (unpaired) electrons. The Labute approximate surface area is 69.1 Å². The molecular formula is C8H8N2O2. The molecule has 2 rings (SSSR count). The average molecular weight is 164 g/mol. The van der Waals surface area contributed by atoms with Crippen LogP contribution < -0.4 is 4.74 Å². The van der Waals surface area contributed by atoms with Crippen molar-refractivity contribution >= 4 is 11.1 Å². The second-order valence-corrected chi connectivity index (χ2v) is 2.46. The van der Waals surface area contributed by atoms with Crippen LogP contribution in [0.5, 0.6) is 5.75 Å². The second kappa shape index (κ2) is 2.48. The largest absolute Gasteiger partial charge is 0.496 e. The van der Waals surface area contributed by atoms with E-state index in [4.69, 9.17) is 9.26 Å². The van der Waals surface area contributed by atoms with Crippen LogP contribution >= 0.6 is 0 Å². The molecule has 4 nitrogen and oxygen atoms in total. The van der Waals surface area contributed by atoms with Crippen molar-refractivity contribution in [3.05, 3.63) is 18.0 Å². The number of aromatic nitrogens is 2. The van der Waals surface area contributed by atoms with Gasteiger partial charge in [-0.05, 0) is 13.0 Å². The van der Waals surface area contributed by atoms with Gasteiger partial charge in [-0.15, -0.1) is 0 Å². The zero-order valence-corrected chi connectivity index (χ0v) is 6.87. The van der Waals surface area contributed by atoms with Gasteiger partial charge in [-0.25, -0.2) is 4.98 Å². The zero-order chi connectivity index (χ0) is 8.55. The van der Waals surface area contributed by atoms with Gasteiger partial charge in [0, 0.05) is 6.20 Å². The molecule has 2 heterocycles. The SMILES string of the molecule is COc1ccnc2onc(C)c12. The Morgan fingerprint density at radius 2 is 2.33 bits per heavy atom. The summed E-state index contributed by atoms with van der Waals surface area (Å²) in [4.78, 5) is 4.00. The van der Waals surface area contributed by atoms with E-state index in [1.54, 1.807) is 19.4 Å². The number of hydrogen-bond acceptors (Lipinski definition) is 4. The van der Waals surface area contributed by atoms with Crippen LogP contribution in [0.4, 0.5) is 0 Å². The molecule has 0 amide bonds. The smallest absolute Gasteiger partial charge is 0.261 e. The van der Waals surface area contributed by atoms with Crippen LogP contribution in [0.25, 0.3) is 11.1 Å². The van der Waals surface area contributed by atoms with Gasteiger partial charge in [0.25, 0.3) is 5.71 Å². The molecule has 0 bridgehead atoms. The summed E-state index contributed by atoms with van der Waals surface area (Å²) >= 11 is 0. The summed E-state index contributed by atoms with van der Waals surface area (Å²) in [7, 11) is 1.61. The van der Waals surface area contributed by atoms with E-state index in [0.717, 1.165) is 16.8 Å². The number of hydrogen-bond donors (Lipinski definition) is 0. The molecule has 0 saturated heterocycles. The molecule has 0 atom stereocenters. The lowest BCUT2D eigenvalue weighted by atomic mass is 10.2. The van der Waals surface area contributed by atoms with Crippen LogP contribution in [0.1, 0.15) is 5.69 Å². The van der Waals surface area contributed by atoms with E-state index >= 15 is 0 Å². The first kappa shape index (κ1) is 7.09. The molecule has 0 saturated carbocycles.